The van der Waals surface area contributed by atoms with Crippen molar-refractivity contribution in [2.75, 3.05) is 19.7 Å². The van der Waals surface area contributed by atoms with Crippen LogP contribution in [0.3, 0.4) is 0 Å². The predicted molar refractivity (Wildman–Crippen MR) is 102 cm³/mol. The molecular formula is C19H25BrN2O4. The second kappa shape index (κ2) is 10.3. The Kier molecular flexibility index (Phi) is 8.09. The number of carbonyl (C=O) groups excluding carboxylic acids is 3. The quantitative estimate of drug-likeness (QED) is 0.682. The number of ether oxygens (including phenoxy) is 1. The second-order valence-electron chi connectivity index (χ2n) is 6.33. The molecule has 6 nitrogen and oxygen atoms in total. The van der Waals surface area contributed by atoms with Crippen molar-refractivity contribution in [2.24, 2.45) is 0 Å². The molecule has 2 rings (SSSR count). The Balaban J connectivity index is 1.75. The zero-order valence-electron chi connectivity index (χ0n) is 15.0. The summed E-state index contributed by atoms with van der Waals surface area (Å²) in [6.45, 7) is 2.00. The fourth-order valence-corrected chi connectivity index (χ4v) is 3.59. The molecule has 0 radical (unpaired) electrons. The minimum Gasteiger partial charge on any atom is -0.454 e. The van der Waals surface area contributed by atoms with E-state index in [1.165, 1.54) is 6.42 Å². The van der Waals surface area contributed by atoms with E-state index in [4.69, 9.17) is 4.74 Å². The van der Waals surface area contributed by atoms with Gasteiger partial charge in [-0.1, -0.05) is 41.3 Å². The normalized spacial score (nSPS) is 14.5. The third-order valence-electron chi connectivity index (χ3n) is 4.51. The van der Waals surface area contributed by atoms with Gasteiger partial charge in [0.1, 0.15) is 6.54 Å². The van der Waals surface area contributed by atoms with Crippen molar-refractivity contribution in [3.8, 4) is 0 Å². The zero-order chi connectivity index (χ0) is 18.9. The van der Waals surface area contributed by atoms with Gasteiger partial charge in [-0.3, -0.25) is 14.4 Å². The number of amides is 2. The molecule has 1 aromatic carbocycles. The monoisotopic (exact) mass is 424 g/mol. The van der Waals surface area contributed by atoms with Crippen molar-refractivity contribution in [3.63, 3.8) is 0 Å². The highest BCUT2D eigenvalue weighted by Crippen LogP contribution is 2.22. The molecule has 1 aliphatic rings. The molecule has 1 aliphatic carbocycles. The van der Waals surface area contributed by atoms with E-state index in [2.05, 4.69) is 21.2 Å². The molecule has 1 fully saturated rings. The molecule has 0 unspecified atom stereocenters. The van der Waals surface area contributed by atoms with Crippen LogP contribution in [0.5, 0.6) is 0 Å². The SMILES string of the molecule is CCN(C(=O)COC(=O)CNC(=O)c1cccc(Br)c1)C1CCCCC1. The van der Waals surface area contributed by atoms with Crippen LogP contribution in [-0.2, 0) is 14.3 Å². The molecule has 1 N–H and O–H groups in total. The number of likely N-dealkylation sites (N-methyl/N-ethyl adjacent to an activating group) is 1. The van der Waals surface area contributed by atoms with E-state index in [1.54, 1.807) is 23.1 Å². The number of esters is 1. The first-order valence-corrected chi connectivity index (χ1v) is 9.79. The lowest BCUT2D eigenvalue weighted by Crippen LogP contribution is -2.43. The molecule has 0 saturated heterocycles. The van der Waals surface area contributed by atoms with Crippen molar-refractivity contribution in [1.82, 2.24) is 10.2 Å². The Hall–Kier alpha value is -1.89. The van der Waals surface area contributed by atoms with Crippen LogP contribution in [0.15, 0.2) is 28.7 Å². The van der Waals surface area contributed by atoms with E-state index in [-0.39, 0.29) is 31.0 Å². The van der Waals surface area contributed by atoms with E-state index in [0.29, 0.717) is 12.1 Å². The molecule has 0 heterocycles. The van der Waals surface area contributed by atoms with E-state index >= 15 is 0 Å². The maximum atomic E-state index is 12.3. The number of hydrogen-bond acceptors (Lipinski definition) is 4. The summed E-state index contributed by atoms with van der Waals surface area (Å²) in [6.07, 6.45) is 5.51. The van der Waals surface area contributed by atoms with Crippen molar-refractivity contribution in [3.05, 3.63) is 34.3 Å². The third kappa shape index (κ3) is 6.12. The molecule has 1 saturated carbocycles. The van der Waals surface area contributed by atoms with Crippen molar-refractivity contribution in [2.45, 2.75) is 45.1 Å². The van der Waals surface area contributed by atoms with Crippen LogP contribution in [0.2, 0.25) is 0 Å². The van der Waals surface area contributed by atoms with Gasteiger partial charge >= 0.3 is 5.97 Å². The Bertz CT molecular complexity index is 644. The van der Waals surface area contributed by atoms with Crippen LogP contribution >= 0.6 is 15.9 Å². The number of nitrogens with one attached hydrogen (secondary N) is 1. The molecule has 2 amide bonds. The van der Waals surface area contributed by atoms with Crippen LogP contribution in [0.25, 0.3) is 0 Å². The van der Waals surface area contributed by atoms with E-state index < -0.39 is 5.97 Å². The molecule has 142 valence electrons. The van der Waals surface area contributed by atoms with Crippen LogP contribution in [0, 0.1) is 0 Å². The summed E-state index contributed by atoms with van der Waals surface area (Å²) >= 11 is 3.29. The Morgan fingerprint density at radius 2 is 1.96 bits per heavy atom. The van der Waals surface area contributed by atoms with Gasteiger partial charge in [0, 0.05) is 22.6 Å². The molecule has 0 spiro atoms. The van der Waals surface area contributed by atoms with Crippen LogP contribution in [0.4, 0.5) is 0 Å². The molecule has 0 atom stereocenters. The van der Waals surface area contributed by atoms with E-state index in [1.807, 2.05) is 13.0 Å². The van der Waals surface area contributed by atoms with Crippen molar-refractivity contribution in [1.29, 1.82) is 0 Å². The first-order chi connectivity index (χ1) is 12.5. The van der Waals surface area contributed by atoms with Gasteiger partial charge in [-0.25, -0.2) is 0 Å². The van der Waals surface area contributed by atoms with Crippen molar-refractivity contribution < 1.29 is 19.1 Å². The van der Waals surface area contributed by atoms with Gasteiger partial charge in [0.05, 0.1) is 0 Å². The molecule has 0 bridgehead atoms. The second-order valence-corrected chi connectivity index (χ2v) is 7.24. The van der Waals surface area contributed by atoms with Gasteiger partial charge in [0.25, 0.3) is 11.8 Å². The fourth-order valence-electron chi connectivity index (χ4n) is 3.19. The van der Waals surface area contributed by atoms with Crippen molar-refractivity contribution >= 4 is 33.7 Å². The third-order valence-corrected chi connectivity index (χ3v) is 5.01. The van der Waals surface area contributed by atoms with Gasteiger partial charge < -0.3 is 15.0 Å². The minimum atomic E-state index is -0.624. The van der Waals surface area contributed by atoms with Gasteiger partial charge in [-0.05, 0) is 38.0 Å². The number of benzene rings is 1. The Morgan fingerprint density at radius 3 is 2.62 bits per heavy atom. The molecule has 0 aliphatic heterocycles. The van der Waals surface area contributed by atoms with Crippen LogP contribution < -0.4 is 5.32 Å². The number of nitrogens with zero attached hydrogens (tertiary/aromatic N) is 1. The zero-order valence-corrected chi connectivity index (χ0v) is 16.6. The number of hydrogen-bond donors (Lipinski definition) is 1. The molecule has 1 aromatic rings. The highest BCUT2D eigenvalue weighted by atomic mass is 79.9. The Morgan fingerprint density at radius 1 is 1.23 bits per heavy atom. The molecule has 0 aromatic heterocycles. The smallest absolute Gasteiger partial charge is 0.325 e. The average Bonchev–Trinajstić information content (AvgIpc) is 2.66. The largest absolute Gasteiger partial charge is 0.454 e. The first kappa shape index (κ1) is 20.4. The maximum Gasteiger partial charge on any atom is 0.325 e. The standard InChI is InChI=1S/C19H25BrN2O4/c1-2-22(16-9-4-3-5-10-16)17(23)13-26-18(24)12-21-19(25)14-7-6-8-15(20)11-14/h6-8,11,16H,2-5,9-10,12-13H2,1H3,(H,21,25). The molecule has 26 heavy (non-hydrogen) atoms. The summed E-state index contributed by atoms with van der Waals surface area (Å²) in [5.74, 6) is -1.17. The van der Waals surface area contributed by atoms with E-state index in [0.717, 1.165) is 30.2 Å². The van der Waals surface area contributed by atoms with Gasteiger partial charge in [0.15, 0.2) is 6.61 Å². The Labute approximate surface area is 162 Å². The van der Waals surface area contributed by atoms with Gasteiger partial charge in [0.2, 0.25) is 0 Å². The summed E-state index contributed by atoms with van der Waals surface area (Å²) in [7, 11) is 0. The fraction of sp³-hybridized carbons (Fsp3) is 0.526. The molecule has 7 heteroatoms. The lowest BCUT2D eigenvalue weighted by Gasteiger charge is -2.33. The first-order valence-electron chi connectivity index (χ1n) is 9.00. The van der Waals surface area contributed by atoms with Gasteiger partial charge in [-0.2, -0.15) is 0 Å². The summed E-state index contributed by atoms with van der Waals surface area (Å²) in [5, 5.41) is 2.50. The van der Waals surface area contributed by atoms with Crippen LogP contribution in [0.1, 0.15) is 49.4 Å². The lowest BCUT2D eigenvalue weighted by molar-refractivity contribution is -0.152. The van der Waals surface area contributed by atoms with E-state index in [9.17, 15) is 14.4 Å². The maximum absolute atomic E-state index is 12.3. The summed E-state index contributed by atoms with van der Waals surface area (Å²) in [5.41, 5.74) is 0.442. The average molecular weight is 425 g/mol. The summed E-state index contributed by atoms with van der Waals surface area (Å²) in [6, 6.07) is 7.10. The lowest BCUT2D eigenvalue weighted by atomic mass is 9.94. The number of carbonyl (C=O) groups is 3. The number of rotatable bonds is 7. The number of halogens is 1. The molecular weight excluding hydrogens is 400 g/mol. The van der Waals surface area contributed by atoms with Crippen LogP contribution in [-0.4, -0.2) is 48.4 Å². The van der Waals surface area contributed by atoms with Gasteiger partial charge in [-0.15, -0.1) is 0 Å². The summed E-state index contributed by atoms with van der Waals surface area (Å²) < 4.78 is 5.81. The highest BCUT2D eigenvalue weighted by molar-refractivity contribution is 9.10. The predicted octanol–water partition coefficient (Wildman–Crippen LogP) is 2.90. The minimum absolute atomic E-state index is 0.175. The summed E-state index contributed by atoms with van der Waals surface area (Å²) in [4.78, 5) is 37.9. The highest BCUT2D eigenvalue weighted by Gasteiger charge is 2.24. The topological polar surface area (TPSA) is 75.7 Å².